The first kappa shape index (κ1) is 21.2. The van der Waals surface area contributed by atoms with Crippen molar-refractivity contribution in [3.63, 3.8) is 0 Å². The molecule has 1 aliphatic rings. The number of esters is 1. The van der Waals surface area contributed by atoms with Crippen LogP contribution in [-0.4, -0.2) is 35.6 Å². The highest BCUT2D eigenvalue weighted by atomic mass is 79.9. The standard InChI is InChI=1S/C24H22BrNO5/c1-15-11-19(21(27)14-30-24(28)18-7-3-4-8-20(18)25)16(2)26(15)12-17-13-29-22-9-5-6-10-23(22)31-17/h3-11,17H,12-14H2,1-2H3. The molecule has 7 heteroatoms. The number of carbonyl (C=O) groups is 2. The molecule has 4 rings (SSSR count). The summed E-state index contributed by atoms with van der Waals surface area (Å²) in [5, 5.41) is 0. The number of hydrogen-bond acceptors (Lipinski definition) is 5. The van der Waals surface area contributed by atoms with E-state index in [2.05, 4.69) is 15.9 Å². The maximum absolute atomic E-state index is 12.7. The Kier molecular flexibility index (Phi) is 6.13. The van der Waals surface area contributed by atoms with Gasteiger partial charge in [-0.05, 0) is 60.1 Å². The quantitative estimate of drug-likeness (QED) is 0.373. The lowest BCUT2D eigenvalue weighted by molar-refractivity contribution is 0.0473. The van der Waals surface area contributed by atoms with E-state index in [9.17, 15) is 9.59 Å². The molecule has 1 unspecified atom stereocenters. The lowest BCUT2D eigenvalue weighted by Gasteiger charge is -2.27. The van der Waals surface area contributed by atoms with Crippen LogP contribution in [0.1, 0.15) is 32.1 Å². The summed E-state index contributed by atoms with van der Waals surface area (Å²) in [6.07, 6.45) is -0.170. The first-order valence-corrected chi connectivity index (χ1v) is 10.7. The third-order valence-electron chi connectivity index (χ3n) is 5.26. The van der Waals surface area contributed by atoms with Crippen molar-refractivity contribution in [2.75, 3.05) is 13.2 Å². The second-order valence-electron chi connectivity index (χ2n) is 7.37. The van der Waals surface area contributed by atoms with E-state index in [1.165, 1.54) is 0 Å². The molecule has 31 heavy (non-hydrogen) atoms. The highest BCUT2D eigenvalue weighted by molar-refractivity contribution is 9.10. The average molecular weight is 484 g/mol. The normalized spacial score (nSPS) is 14.9. The number of para-hydroxylation sites is 2. The molecule has 1 aliphatic heterocycles. The molecule has 3 aromatic rings. The van der Waals surface area contributed by atoms with Crippen molar-refractivity contribution in [2.45, 2.75) is 26.5 Å². The van der Waals surface area contributed by atoms with Crippen molar-refractivity contribution in [3.8, 4) is 11.5 Å². The Bertz CT molecular complexity index is 1140. The predicted octanol–water partition coefficient (Wildman–Crippen LogP) is 4.75. The van der Waals surface area contributed by atoms with Crippen LogP contribution in [0.5, 0.6) is 11.5 Å². The zero-order chi connectivity index (χ0) is 22.0. The minimum absolute atomic E-state index is 0.170. The number of benzene rings is 2. The minimum atomic E-state index is -0.541. The van der Waals surface area contributed by atoms with Crippen molar-refractivity contribution < 1.29 is 23.8 Å². The number of fused-ring (bicyclic) bond motifs is 1. The molecule has 1 atom stereocenters. The highest BCUT2D eigenvalue weighted by Gasteiger charge is 2.24. The largest absolute Gasteiger partial charge is 0.486 e. The maximum atomic E-state index is 12.7. The van der Waals surface area contributed by atoms with Crippen LogP contribution in [-0.2, 0) is 11.3 Å². The zero-order valence-electron chi connectivity index (χ0n) is 17.3. The first-order chi connectivity index (χ1) is 14.9. The molecule has 2 heterocycles. The molecule has 0 amide bonds. The van der Waals surface area contributed by atoms with E-state index in [-0.39, 0.29) is 18.5 Å². The minimum Gasteiger partial charge on any atom is -0.486 e. The van der Waals surface area contributed by atoms with Crippen LogP contribution < -0.4 is 9.47 Å². The van der Waals surface area contributed by atoms with Crippen LogP contribution in [0, 0.1) is 13.8 Å². The number of nitrogens with zero attached hydrogens (tertiary/aromatic N) is 1. The van der Waals surface area contributed by atoms with Crippen LogP contribution >= 0.6 is 15.9 Å². The van der Waals surface area contributed by atoms with Crippen LogP contribution in [0.4, 0.5) is 0 Å². The lowest BCUT2D eigenvalue weighted by atomic mass is 10.1. The Morgan fingerprint density at radius 2 is 1.77 bits per heavy atom. The van der Waals surface area contributed by atoms with Gasteiger partial charge in [0.1, 0.15) is 6.61 Å². The Labute approximate surface area is 188 Å². The van der Waals surface area contributed by atoms with Gasteiger partial charge in [-0.2, -0.15) is 0 Å². The molecule has 1 aromatic heterocycles. The fourth-order valence-electron chi connectivity index (χ4n) is 3.63. The molecule has 0 bridgehead atoms. The second-order valence-corrected chi connectivity index (χ2v) is 8.23. The number of carbonyl (C=O) groups excluding carboxylic acids is 2. The predicted molar refractivity (Wildman–Crippen MR) is 119 cm³/mol. The van der Waals surface area contributed by atoms with Gasteiger partial charge in [-0.15, -0.1) is 0 Å². The van der Waals surface area contributed by atoms with Crippen molar-refractivity contribution in [1.82, 2.24) is 4.57 Å². The van der Waals surface area contributed by atoms with Gasteiger partial charge in [0.2, 0.25) is 5.78 Å². The third kappa shape index (κ3) is 4.51. The van der Waals surface area contributed by atoms with E-state index in [0.717, 1.165) is 22.9 Å². The van der Waals surface area contributed by atoms with Gasteiger partial charge in [-0.25, -0.2) is 4.79 Å². The summed E-state index contributed by atoms with van der Waals surface area (Å²) in [7, 11) is 0. The number of halogens is 1. The number of rotatable bonds is 6. The number of Topliss-reactive ketones (excluding diaryl/α,β-unsaturated/α-hetero) is 1. The van der Waals surface area contributed by atoms with Crippen molar-refractivity contribution in [1.29, 1.82) is 0 Å². The fourth-order valence-corrected chi connectivity index (χ4v) is 4.08. The Balaban J connectivity index is 1.42. The maximum Gasteiger partial charge on any atom is 0.339 e. The average Bonchev–Trinajstić information content (AvgIpc) is 3.06. The number of aryl methyl sites for hydroxylation is 1. The summed E-state index contributed by atoms with van der Waals surface area (Å²) >= 11 is 3.32. The van der Waals surface area contributed by atoms with Gasteiger partial charge in [-0.1, -0.05) is 24.3 Å². The summed E-state index contributed by atoms with van der Waals surface area (Å²) in [4.78, 5) is 25.0. The SMILES string of the molecule is Cc1cc(C(=O)COC(=O)c2ccccc2Br)c(C)n1CC1COc2ccccc2O1. The molecule has 0 saturated carbocycles. The summed E-state index contributed by atoms with van der Waals surface area (Å²) in [6.45, 7) is 4.49. The molecule has 0 aliphatic carbocycles. The van der Waals surface area contributed by atoms with E-state index in [1.807, 2.05) is 48.7 Å². The molecular formula is C24H22BrNO5. The monoisotopic (exact) mass is 483 g/mol. The van der Waals surface area contributed by atoms with Crippen LogP contribution in [0.15, 0.2) is 59.1 Å². The second kappa shape index (κ2) is 8.98. The topological polar surface area (TPSA) is 66.8 Å². The molecular weight excluding hydrogens is 462 g/mol. The van der Waals surface area contributed by atoms with Crippen LogP contribution in [0.25, 0.3) is 0 Å². The number of ether oxygens (including phenoxy) is 3. The van der Waals surface area contributed by atoms with Gasteiger partial charge < -0.3 is 18.8 Å². The van der Waals surface area contributed by atoms with Crippen molar-refractivity contribution in [2.24, 2.45) is 0 Å². The van der Waals surface area contributed by atoms with E-state index in [1.54, 1.807) is 24.3 Å². The molecule has 160 valence electrons. The van der Waals surface area contributed by atoms with Gasteiger partial charge in [0.25, 0.3) is 0 Å². The summed E-state index contributed by atoms with van der Waals surface area (Å²) in [5.74, 6) is 0.672. The van der Waals surface area contributed by atoms with E-state index >= 15 is 0 Å². The lowest BCUT2D eigenvalue weighted by Crippen LogP contribution is -2.33. The van der Waals surface area contributed by atoms with Crippen LogP contribution in [0.3, 0.4) is 0 Å². The summed E-state index contributed by atoms with van der Waals surface area (Å²) in [5.41, 5.74) is 2.66. The van der Waals surface area contributed by atoms with Crippen molar-refractivity contribution in [3.05, 3.63) is 81.6 Å². The zero-order valence-corrected chi connectivity index (χ0v) is 18.8. The molecule has 2 aromatic carbocycles. The van der Waals surface area contributed by atoms with Crippen molar-refractivity contribution >= 4 is 27.7 Å². The van der Waals surface area contributed by atoms with E-state index in [4.69, 9.17) is 14.2 Å². The molecule has 0 spiro atoms. The molecule has 0 radical (unpaired) electrons. The molecule has 6 nitrogen and oxygen atoms in total. The van der Waals surface area contributed by atoms with Gasteiger partial charge >= 0.3 is 5.97 Å². The highest BCUT2D eigenvalue weighted by Crippen LogP contribution is 2.31. The Morgan fingerprint density at radius 3 is 2.55 bits per heavy atom. The Morgan fingerprint density at radius 1 is 1.06 bits per heavy atom. The summed E-state index contributed by atoms with van der Waals surface area (Å²) < 4.78 is 19.7. The first-order valence-electron chi connectivity index (χ1n) is 9.94. The number of aromatic nitrogens is 1. The van der Waals surface area contributed by atoms with E-state index < -0.39 is 5.97 Å². The smallest absolute Gasteiger partial charge is 0.339 e. The van der Waals surface area contributed by atoms with Gasteiger partial charge in [0, 0.05) is 21.4 Å². The molecule has 0 saturated heterocycles. The van der Waals surface area contributed by atoms with Gasteiger partial charge in [0.15, 0.2) is 24.2 Å². The fraction of sp³-hybridized carbons (Fsp3) is 0.250. The third-order valence-corrected chi connectivity index (χ3v) is 5.95. The molecule has 0 N–H and O–H groups in total. The van der Waals surface area contributed by atoms with Gasteiger partial charge in [0.05, 0.1) is 12.1 Å². The summed E-state index contributed by atoms with van der Waals surface area (Å²) in [6, 6.07) is 16.3. The Hall–Kier alpha value is -3.06. The van der Waals surface area contributed by atoms with Crippen LogP contribution in [0.2, 0.25) is 0 Å². The number of ketones is 1. The molecule has 0 fully saturated rings. The van der Waals surface area contributed by atoms with Gasteiger partial charge in [-0.3, -0.25) is 4.79 Å². The van der Waals surface area contributed by atoms with E-state index in [0.29, 0.717) is 28.8 Å². The number of hydrogen-bond donors (Lipinski definition) is 0.